The first-order valence-corrected chi connectivity index (χ1v) is 4.80. The molecule has 1 spiro atoms. The van der Waals surface area contributed by atoms with Crippen LogP contribution in [0.25, 0.3) is 0 Å². The highest BCUT2D eigenvalue weighted by atomic mass is 16.6. The van der Waals surface area contributed by atoms with E-state index in [2.05, 4.69) is 12.2 Å². The lowest BCUT2D eigenvalue weighted by Gasteiger charge is -2.22. The summed E-state index contributed by atoms with van der Waals surface area (Å²) < 4.78 is 5.48. The van der Waals surface area contributed by atoms with Crippen molar-refractivity contribution in [3.8, 4) is 0 Å². The van der Waals surface area contributed by atoms with Crippen LogP contribution >= 0.6 is 0 Å². The van der Waals surface area contributed by atoms with Crippen LogP contribution in [0.2, 0.25) is 0 Å². The molecule has 1 aliphatic carbocycles. The summed E-state index contributed by atoms with van der Waals surface area (Å²) in [5, 5.41) is 0. The molecule has 2 heteroatoms. The fourth-order valence-corrected chi connectivity index (χ4v) is 2.28. The number of benzene rings is 1. The number of hydrogen-bond acceptors (Lipinski definition) is 2. The van der Waals surface area contributed by atoms with Gasteiger partial charge in [0.15, 0.2) is 0 Å². The van der Waals surface area contributed by atoms with Gasteiger partial charge < -0.3 is 4.74 Å². The van der Waals surface area contributed by atoms with Gasteiger partial charge in [-0.1, -0.05) is 30.4 Å². The third kappa shape index (κ3) is 0.830. The van der Waals surface area contributed by atoms with E-state index in [4.69, 9.17) is 4.74 Å². The molecule has 0 aromatic heterocycles. The predicted octanol–water partition coefficient (Wildman–Crippen LogP) is 2.40. The second kappa shape index (κ2) is 2.47. The summed E-state index contributed by atoms with van der Waals surface area (Å²) >= 11 is 0. The van der Waals surface area contributed by atoms with Gasteiger partial charge in [0.05, 0.1) is 5.56 Å². The maximum Gasteiger partial charge on any atom is 0.339 e. The molecule has 2 aliphatic rings. The quantitative estimate of drug-likeness (QED) is 0.459. The number of rotatable bonds is 0. The highest BCUT2D eigenvalue weighted by Crippen LogP contribution is 2.44. The lowest BCUT2D eigenvalue weighted by Crippen LogP contribution is -2.21. The SMILES string of the molecule is O=C1OC2(CC=CC2)c2ccccc21. The highest BCUT2D eigenvalue weighted by molar-refractivity contribution is 5.94. The Kier molecular flexibility index (Phi) is 1.38. The van der Waals surface area contributed by atoms with Gasteiger partial charge in [-0.2, -0.15) is 0 Å². The first kappa shape index (κ1) is 7.80. The van der Waals surface area contributed by atoms with E-state index in [1.54, 1.807) is 0 Å². The fraction of sp³-hybridized carbons (Fsp3) is 0.250. The molecule has 1 aliphatic heterocycles. The molecule has 2 nitrogen and oxygen atoms in total. The zero-order chi connectivity index (χ0) is 9.60. The molecule has 0 saturated heterocycles. The largest absolute Gasteiger partial charge is 0.450 e. The monoisotopic (exact) mass is 186 g/mol. The van der Waals surface area contributed by atoms with Gasteiger partial charge in [0.1, 0.15) is 5.60 Å². The Bertz CT molecular complexity index is 424. The summed E-state index contributed by atoms with van der Waals surface area (Å²) in [4.78, 5) is 11.6. The Morgan fingerprint density at radius 2 is 1.86 bits per heavy atom. The van der Waals surface area contributed by atoms with E-state index in [9.17, 15) is 4.79 Å². The predicted molar refractivity (Wildman–Crippen MR) is 51.9 cm³/mol. The molecule has 0 N–H and O–H groups in total. The summed E-state index contributed by atoms with van der Waals surface area (Å²) in [6.07, 6.45) is 5.79. The minimum absolute atomic E-state index is 0.177. The van der Waals surface area contributed by atoms with Crippen LogP contribution in [0.5, 0.6) is 0 Å². The van der Waals surface area contributed by atoms with Gasteiger partial charge in [0, 0.05) is 18.4 Å². The van der Waals surface area contributed by atoms with Gasteiger partial charge in [0.2, 0.25) is 0 Å². The Labute approximate surface area is 82.2 Å². The second-order valence-electron chi connectivity index (χ2n) is 3.81. The number of ether oxygens (including phenoxy) is 1. The lowest BCUT2D eigenvalue weighted by molar-refractivity contribution is -0.00190. The Morgan fingerprint density at radius 3 is 2.64 bits per heavy atom. The summed E-state index contributed by atoms with van der Waals surface area (Å²) in [6.45, 7) is 0. The Morgan fingerprint density at radius 1 is 1.14 bits per heavy atom. The van der Waals surface area contributed by atoms with E-state index >= 15 is 0 Å². The van der Waals surface area contributed by atoms with Crippen LogP contribution in [0.15, 0.2) is 36.4 Å². The lowest BCUT2D eigenvalue weighted by atomic mass is 9.90. The Balaban J connectivity index is 2.18. The van der Waals surface area contributed by atoms with E-state index in [0.717, 1.165) is 24.0 Å². The third-order valence-electron chi connectivity index (χ3n) is 2.99. The number of carbonyl (C=O) groups is 1. The number of carbonyl (C=O) groups excluding carboxylic acids is 1. The second-order valence-corrected chi connectivity index (χ2v) is 3.81. The van der Waals surface area contributed by atoms with E-state index in [-0.39, 0.29) is 11.6 Å². The van der Waals surface area contributed by atoms with Crippen molar-refractivity contribution in [1.29, 1.82) is 0 Å². The van der Waals surface area contributed by atoms with Crippen LogP contribution < -0.4 is 0 Å². The standard InChI is InChI=1S/C12H10O2/c13-11-9-5-1-2-6-10(9)12(14-11)7-3-4-8-12/h1-6H,7-8H2. The van der Waals surface area contributed by atoms with Crippen molar-refractivity contribution in [3.05, 3.63) is 47.5 Å². The minimum atomic E-state index is -0.367. The average Bonchev–Trinajstić information content (AvgIpc) is 2.77. The molecule has 3 rings (SSSR count). The van der Waals surface area contributed by atoms with E-state index in [1.165, 1.54) is 0 Å². The van der Waals surface area contributed by atoms with Crippen LogP contribution in [0, 0.1) is 0 Å². The summed E-state index contributed by atoms with van der Waals surface area (Å²) in [5.41, 5.74) is 1.42. The molecule has 0 radical (unpaired) electrons. The van der Waals surface area contributed by atoms with Crippen molar-refractivity contribution >= 4 is 5.97 Å². The summed E-state index contributed by atoms with van der Waals surface area (Å²) in [5.74, 6) is -0.177. The minimum Gasteiger partial charge on any atom is -0.450 e. The maximum absolute atomic E-state index is 11.6. The van der Waals surface area contributed by atoms with Gasteiger partial charge in [-0.15, -0.1) is 0 Å². The van der Waals surface area contributed by atoms with E-state index in [0.29, 0.717) is 0 Å². The Hall–Kier alpha value is -1.57. The average molecular weight is 186 g/mol. The maximum atomic E-state index is 11.6. The van der Waals surface area contributed by atoms with Crippen molar-refractivity contribution < 1.29 is 9.53 Å². The van der Waals surface area contributed by atoms with Gasteiger partial charge in [-0.25, -0.2) is 4.79 Å². The van der Waals surface area contributed by atoms with Gasteiger partial charge in [0.25, 0.3) is 0 Å². The topological polar surface area (TPSA) is 26.3 Å². The fourth-order valence-electron chi connectivity index (χ4n) is 2.28. The number of fused-ring (bicyclic) bond motifs is 2. The molecule has 70 valence electrons. The number of hydrogen-bond donors (Lipinski definition) is 0. The van der Waals surface area contributed by atoms with Crippen LogP contribution in [0.1, 0.15) is 28.8 Å². The van der Waals surface area contributed by atoms with Crippen LogP contribution in [0.4, 0.5) is 0 Å². The van der Waals surface area contributed by atoms with Crippen molar-refractivity contribution in [2.75, 3.05) is 0 Å². The zero-order valence-electron chi connectivity index (χ0n) is 7.69. The molecule has 0 atom stereocenters. The van der Waals surface area contributed by atoms with Gasteiger partial charge in [-0.05, 0) is 6.07 Å². The molecule has 14 heavy (non-hydrogen) atoms. The van der Waals surface area contributed by atoms with Crippen LogP contribution in [-0.2, 0) is 10.3 Å². The molecule has 0 bridgehead atoms. The molecule has 0 unspecified atom stereocenters. The zero-order valence-corrected chi connectivity index (χ0v) is 7.69. The van der Waals surface area contributed by atoms with E-state index < -0.39 is 0 Å². The molecule has 1 aromatic carbocycles. The first-order chi connectivity index (χ1) is 6.82. The normalized spacial score (nSPS) is 21.3. The van der Waals surface area contributed by atoms with Crippen molar-refractivity contribution in [2.45, 2.75) is 18.4 Å². The molecule has 0 saturated carbocycles. The van der Waals surface area contributed by atoms with Gasteiger partial charge >= 0.3 is 5.97 Å². The third-order valence-corrected chi connectivity index (χ3v) is 2.99. The highest BCUT2D eigenvalue weighted by Gasteiger charge is 2.45. The smallest absolute Gasteiger partial charge is 0.339 e. The van der Waals surface area contributed by atoms with E-state index in [1.807, 2.05) is 24.3 Å². The molecule has 0 amide bonds. The molecule has 1 aromatic rings. The molecule has 0 fully saturated rings. The van der Waals surface area contributed by atoms with Crippen molar-refractivity contribution in [1.82, 2.24) is 0 Å². The molecular formula is C12H10O2. The summed E-state index contributed by atoms with van der Waals surface area (Å²) in [7, 11) is 0. The van der Waals surface area contributed by atoms with Crippen molar-refractivity contribution in [3.63, 3.8) is 0 Å². The molecule has 1 heterocycles. The first-order valence-electron chi connectivity index (χ1n) is 4.80. The van der Waals surface area contributed by atoms with Gasteiger partial charge in [-0.3, -0.25) is 0 Å². The van der Waals surface area contributed by atoms with Crippen LogP contribution in [0.3, 0.4) is 0 Å². The summed E-state index contributed by atoms with van der Waals surface area (Å²) in [6, 6.07) is 7.67. The molecular weight excluding hydrogens is 176 g/mol. The van der Waals surface area contributed by atoms with Crippen LogP contribution in [-0.4, -0.2) is 5.97 Å². The van der Waals surface area contributed by atoms with Crippen molar-refractivity contribution in [2.24, 2.45) is 0 Å². The number of esters is 1.